The van der Waals surface area contributed by atoms with Gasteiger partial charge >= 0.3 is 5.97 Å². The van der Waals surface area contributed by atoms with Gasteiger partial charge in [0.1, 0.15) is 11.0 Å². The summed E-state index contributed by atoms with van der Waals surface area (Å²) in [5, 5.41) is 10.3. The lowest BCUT2D eigenvalue weighted by Gasteiger charge is -2.17. The second kappa shape index (κ2) is 6.62. The molecule has 0 saturated heterocycles. The second-order valence-electron chi connectivity index (χ2n) is 4.11. The first-order chi connectivity index (χ1) is 7.25. The van der Waals surface area contributed by atoms with E-state index in [9.17, 15) is 13.8 Å². The average Bonchev–Trinajstić information content (AvgIpc) is 2.15. The number of aliphatic carboxylic acids is 1. The summed E-state index contributed by atoms with van der Waals surface area (Å²) < 4.78 is 11.4. The second-order valence-corrected chi connectivity index (χ2v) is 5.86. The van der Waals surface area contributed by atoms with Gasteiger partial charge in [-0.05, 0) is 19.8 Å². The van der Waals surface area contributed by atoms with Crippen molar-refractivity contribution in [2.75, 3.05) is 5.75 Å². The Hall–Kier alpha value is -0.910. The van der Waals surface area contributed by atoms with Crippen molar-refractivity contribution in [3.63, 3.8) is 0 Å². The topological polar surface area (TPSA) is 83.5 Å². The molecule has 3 unspecified atom stereocenters. The van der Waals surface area contributed by atoms with Gasteiger partial charge in [0.2, 0.25) is 5.91 Å². The quantitative estimate of drug-likeness (QED) is 0.712. The lowest BCUT2D eigenvalue weighted by atomic mass is 10.1. The summed E-state index contributed by atoms with van der Waals surface area (Å²) in [7, 11) is -1.67. The van der Waals surface area contributed by atoms with Crippen molar-refractivity contribution in [2.24, 2.45) is 5.92 Å². The molecule has 0 bridgehead atoms. The lowest BCUT2D eigenvalue weighted by Crippen LogP contribution is -2.40. The summed E-state index contributed by atoms with van der Waals surface area (Å²) in [6.07, 6.45) is 0. The van der Waals surface area contributed by atoms with Crippen LogP contribution < -0.4 is 5.32 Å². The molecule has 6 heteroatoms. The largest absolute Gasteiger partial charge is 0.480 e. The minimum Gasteiger partial charge on any atom is -0.480 e. The Balaban J connectivity index is 4.16. The third-order valence-corrected chi connectivity index (χ3v) is 3.94. The van der Waals surface area contributed by atoms with Gasteiger partial charge in [-0.2, -0.15) is 0 Å². The fourth-order valence-corrected chi connectivity index (χ4v) is 1.65. The van der Waals surface area contributed by atoms with E-state index in [-0.39, 0.29) is 23.6 Å². The van der Waals surface area contributed by atoms with E-state index in [0.29, 0.717) is 0 Å². The summed E-state index contributed by atoms with van der Waals surface area (Å²) in [4.78, 5) is 21.9. The molecule has 0 spiro atoms. The molecule has 2 N–H and O–H groups in total. The van der Waals surface area contributed by atoms with Crippen LogP contribution in [-0.4, -0.2) is 38.2 Å². The zero-order chi connectivity index (χ0) is 12.9. The SMILES string of the molecule is CC(C)C(C)NC(=O)CS(=O)C(C)C(=O)O. The third-order valence-electron chi connectivity index (χ3n) is 2.40. The first kappa shape index (κ1) is 15.1. The molecule has 0 aromatic carbocycles. The normalized spacial score (nSPS) is 16.6. The maximum Gasteiger partial charge on any atom is 0.318 e. The Bertz CT molecular complexity index is 291. The minimum atomic E-state index is -1.67. The Morgan fingerprint density at radius 2 is 1.75 bits per heavy atom. The summed E-state index contributed by atoms with van der Waals surface area (Å²) in [5.74, 6) is -1.49. The molecule has 0 aromatic rings. The monoisotopic (exact) mass is 249 g/mol. The van der Waals surface area contributed by atoms with E-state index in [2.05, 4.69) is 5.32 Å². The third kappa shape index (κ3) is 5.25. The highest BCUT2D eigenvalue weighted by Gasteiger charge is 2.22. The highest BCUT2D eigenvalue weighted by molar-refractivity contribution is 7.87. The molecule has 0 heterocycles. The molecule has 0 aliphatic carbocycles. The van der Waals surface area contributed by atoms with Crippen LogP contribution in [0.25, 0.3) is 0 Å². The van der Waals surface area contributed by atoms with E-state index in [0.717, 1.165) is 0 Å². The number of hydrogen-bond donors (Lipinski definition) is 2. The number of hydrogen-bond acceptors (Lipinski definition) is 3. The van der Waals surface area contributed by atoms with Crippen LogP contribution in [0, 0.1) is 5.92 Å². The Kier molecular flexibility index (Phi) is 6.25. The fourth-order valence-electron chi connectivity index (χ4n) is 0.829. The Morgan fingerprint density at radius 1 is 1.25 bits per heavy atom. The summed E-state index contributed by atoms with van der Waals surface area (Å²) in [6, 6.07) is -0.00960. The molecule has 0 fully saturated rings. The minimum absolute atomic E-state index is 0.00960. The molecule has 0 aromatic heterocycles. The van der Waals surface area contributed by atoms with Crippen molar-refractivity contribution in [2.45, 2.75) is 39.0 Å². The van der Waals surface area contributed by atoms with Crippen LogP contribution in [-0.2, 0) is 20.4 Å². The number of rotatable bonds is 6. The van der Waals surface area contributed by atoms with Crippen molar-refractivity contribution in [1.82, 2.24) is 5.32 Å². The molecule has 1 amide bonds. The van der Waals surface area contributed by atoms with Crippen molar-refractivity contribution in [1.29, 1.82) is 0 Å². The smallest absolute Gasteiger partial charge is 0.318 e. The molecule has 94 valence electrons. The van der Waals surface area contributed by atoms with Crippen LogP contribution in [0.3, 0.4) is 0 Å². The number of carbonyl (C=O) groups is 2. The van der Waals surface area contributed by atoms with E-state index in [1.165, 1.54) is 6.92 Å². The van der Waals surface area contributed by atoms with Gasteiger partial charge in [-0.25, -0.2) is 0 Å². The molecule has 3 atom stereocenters. The number of nitrogens with one attached hydrogen (secondary N) is 1. The molecule has 16 heavy (non-hydrogen) atoms. The zero-order valence-corrected chi connectivity index (χ0v) is 10.8. The maximum atomic E-state index is 11.4. The van der Waals surface area contributed by atoms with Crippen LogP contribution in [0.5, 0.6) is 0 Å². The molecular formula is C10H19NO4S. The number of carboxylic acid groups (broad SMARTS) is 1. The van der Waals surface area contributed by atoms with E-state index in [1.54, 1.807) is 0 Å². The molecule has 0 aliphatic rings. The Morgan fingerprint density at radius 3 is 2.12 bits per heavy atom. The van der Waals surface area contributed by atoms with Gasteiger partial charge in [0.25, 0.3) is 0 Å². The first-order valence-electron chi connectivity index (χ1n) is 5.15. The fraction of sp³-hybridized carbons (Fsp3) is 0.800. The standard InChI is InChI=1S/C10H19NO4S/c1-6(2)7(3)11-9(12)5-16(15)8(4)10(13)14/h6-8H,5H2,1-4H3,(H,11,12)(H,13,14). The van der Waals surface area contributed by atoms with E-state index in [4.69, 9.17) is 5.11 Å². The van der Waals surface area contributed by atoms with Gasteiger partial charge in [0, 0.05) is 16.8 Å². The van der Waals surface area contributed by atoms with Crippen molar-refractivity contribution in [3.8, 4) is 0 Å². The van der Waals surface area contributed by atoms with Crippen LogP contribution in [0.1, 0.15) is 27.7 Å². The van der Waals surface area contributed by atoms with Crippen LogP contribution in [0.15, 0.2) is 0 Å². The van der Waals surface area contributed by atoms with Crippen molar-refractivity contribution in [3.05, 3.63) is 0 Å². The van der Waals surface area contributed by atoms with Gasteiger partial charge in [0.15, 0.2) is 0 Å². The predicted molar refractivity (Wildman–Crippen MR) is 62.5 cm³/mol. The number of amides is 1. The van der Waals surface area contributed by atoms with E-state index < -0.39 is 22.0 Å². The molecule has 0 aliphatic heterocycles. The predicted octanol–water partition coefficient (Wildman–Crippen LogP) is 0.369. The van der Waals surface area contributed by atoms with Crippen molar-refractivity contribution >= 4 is 22.7 Å². The van der Waals surface area contributed by atoms with Gasteiger partial charge in [-0.15, -0.1) is 0 Å². The summed E-state index contributed by atoms with van der Waals surface area (Å²) >= 11 is 0. The van der Waals surface area contributed by atoms with E-state index in [1.807, 2.05) is 20.8 Å². The van der Waals surface area contributed by atoms with E-state index >= 15 is 0 Å². The average molecular weight is 249 g/mol. The van der Waals surface area contributed by atoms with Crippen LogP contribution in [0.4, 0.5) is 0 Å². The maximum absolute atomic E-state index is 11.4. The molecule has 5 nitrogen and oxygen atoms in total. The molecule has 0 radical (unpaired) electrons. The molecular weight excluding hydrogens is 230 g/mol. The summed E-state index contributed by atoms with van der Waals surface area (Å²) in [6.45, 7) is 7.10. The number of carbonyl (C=O) groups excluding carboxylic acids is 1. The lowest BCUT2D eigenvalue weighted by molar-refractivity contribution is -0.136. The zero-order valence-electron chi connectivity index (χ0n) is 10.0. The van der Waals surface area contributed by atoms with Crippen LogP contribution in [0.2, 0.25) is 0 Å². The summed E-state index contributed by atoms with van der Waals surface area (Å²) in [5.41, 5.74) is 0. The van der Waals surface area contributed by atoms with Gasteiger partial charge in [-0.1, -0.05) is 13.8 Å². The van der Waals surface area contributed by atoms with Gasteiger partial charge < -0.3 is 10.4 Å². The highest BCUT2D eigenvalue weighted by atomic mass is 32.2. The molecule has 0 rings (SSSR count). The number of carboxylic acids is 1. The van der Waals surface area contributed by atoms with Gasteiger partial charge in [-0.3, -0.25) is 13.8 Å². The van der Waals surface area contributed by atoms with Crippen molar-refractivity contribution < 1.29 is 18.9 Å². The van der Waals surface area contributed by atoms with Gasteiger partial charge in [0.05, 0.1) is 0 Å². The first-order valence-corrected chi connectivity index (χ1v) is 6.53. The Labute approximate surface area is 98.1 Å². The molecule has 0 saturated carbocycles. The highest BCUT2D eigenvalue weighted by Crippen LogP contribution is 2.01. The van der Waals surface area contributed by atoms with Crippen LogP contribution >= 0.6 is 0 Å².